The summed E-state index contributed by atoms with van der Waals surface area (Å²) < 4.78 is 18.3. The summed E-state index contributed by atoms with van der Waals surface area (Å²) >= 11 is 0. The molecule has 3 heteroatoms. The van der Waals surface area contributed by atoms with Gasteiger partial charge in [0, 0.05) is 6.61 Å². The van der Waals surface area contributed by atoms with E-state index in [4.69, 9.17) is 9.84 Å². The first-order valence-corrected chi connectivity index (χ1v) is 4.39. The van der Waals surface area contributed by atoms with Crippen LogP contribution in [-0.2, 0) is 0 Å². The summed E-state index contributed by atoms with van der Waals surface area (Å²) in [6.07, 6.45) is 3.84. The van der Waals surface area contributed by atoms with Gasteiger partial charge in [-0.3, -0.25) is 0 Å². The summed E-state index contributed by atoms with van der Waals surface area (Å²) in [4.78, 5) is 0. The van der Waals surface area contributed by atoms with Crippen molar-refractivity contribution in [2.24, 2.45) is 0 Å². The number of hydrogen-bond acceptors (Lipinski definition) is 2. The maximum Gasteiger partial charge on any atom is 0.134 e. The third-order valence-corrected chi connectivity index (χ3v) is 1.81. The molecule has 0 aliphatic rings. The van der Waals surface area contributed by atoms with Crippen molar-refractivity contribution in [2.45, 2.75) is 6.42 Å². The van der Waals surface area contributed by atoms with Crippen LogP contribution in [-0.4, -0.2) is 18.8 Å². The Morgan fingerprint density at radius 2 is 2.29 bits per heavy atom. The van der Waals surface area contributed by atoms with E-state index in [2.05, 4.69) is 0 Å². The molecule has 0 saturated carbocycles. The average Bonchev–Trinajstić information content (AvgIpc) is 2.20. The zero-order chi connectivity index (χ0) is 10.4. The third-order valence-electron chi connectivity index (χ3n) is 1.81. The smallest absolute Gasteiger partial charge is 0.134 e. The van der Waals surface area contributed by atoms with Gasteiger partial charge in [0.1, 0.15) is 11.6 Å². The van der Waals surface area contributed by atoms with Crippen LogP contribution in [0.5, 0.6) is 5.75 Å². The second kappa shape index (κ2) is 5.40. The fourth-order valence-corrected chi connectivity index (χ4v) is 1.13. The maximum absolute atomic E-state index is 13.3. The molecule has 1 aromatic rings. The molecular formula is C11H13FO2. The van der Waals surface area contributed by atoms with Gasteiger partial charge >= 0.3 is 0 Å². The summed E-state index contributed by atoms with van der Waals surface area (Å²) in [5, 5.41) is 8.56. The van der Waals surface area contributed by atoms with Gasteiger partial charge in [-0.25, -0.2) is 4.39 Å². The predicted octanol–water partition coefficient (Wildman–Crippen LogP) is 2.23. The summed E-state index contributed by atoms with van der Waals surface area (Å²) in [5.74, 6) is 0.178. The van der Waals surface area contributed by atoms with Gasteiger partial charge in [-0.1, -0.05) is 18.2 Å². The lowest BCUT2D eigenvalue weighted by Gasteiger charge is -2.04. The van der Waals surface area contributed by atoms with Gasteiger partial charge in [0.25, 0.3) is 0 Å². The summed E-state index contributed by atoms with van der Waals surface area (Å²) in [5.41, 5.74) is 0.420. The van der Waals surface area contributed by atoms with E-state index in [1.807, 2.05) is 0 Å². The number of aliphatic hydroxyl groups is 1. The van der Waals surface area contributed by atoms with E-state index in [-0.39, 0.29) is 12.4 Å². The molecule has 0 aliphatic heterocycles. The zero-order valence-corrected chi connectivity index (χ0v) is 8.03. The van der Waals surface area contributed by atoms with Gasteiger partial charge in [0.2, 0.25) is 0 Å². The fourth-order valence-electron chi connectivity index (χ4n) is 1.13. The lowest BCUT2D eigenvalue weighted by molar-refractivity contribution is 0.303. The quantitative estimate of drug-likeness (QED) is 0.800. The second-order valence-electron chi connectivity index (χ2n) is 2.77. The molecule has 0 spiro atoms. The Morgan fingerprint density at radius 3 is 2.93 bits per heavy atom. The molecule has 0 bridgehead atoms. The lowest BCUT2D eigenvalue weighted by atomic mass is 10.1. The molecule has 14 heavy (non-hydrogen) atoms. The van der Waals surface area contributed by atoms with Gasteiger partial charge in [0.15, 0.2) is 0 Å². The molecule has 0 fully saturated rings. The molecule has 0 amide bonds. The molecule has 0 aromatic heterocycles. The molecule has 0 unspecified atom stereocenters. The number of aliphatic hydroxyl groups excluding tert-OH is 1. The first-order chi connectivity index (χ1) is 6.79. The van der Waals surface area contributed by atoms with Crippen molar-refractivity contribution in [1.29, 1.82) is 0 Å². The van der Waals surface area contributed by atoms with Crippen LogP contribution in [0.2, 0.25) is 0 Å². The van der Waals surface area contributed by atoms with Crippen molar-refractivity contribution < 1.29 is 14.2 Å². The highest BCUT2D eigenvalue weighted by atomic mass is 19.1. The highest BCUT2D eigenvalue weighted by Crippen LogP contribution is 2.22. The summed E-state index contributed by atoms with van der Waals surface area (Å²) in [7, 11) is 1.50. The van der Waals surface area contributed by atoms with Crippen molar-refractivity contribution in [3.63, 3.8) is 0 Å². The normalized spacial score (nSPS) is 10.8. The molecule has 1 aromatic carbocycles. The van der Waals surface area contributed by atoms with E-state index in [1.54, 1.807) is 24.3 Å². The molecule has 1 N–H and O–H groups in total. The molecule has 0 radical (unpaired) electrons. The van der Waals surface area contributed by atoms with Crippen LogP contribution in [0, 0.1) is 5.82 Å². The minimum absolute atomic E-state index is 0.0628. The molecule has 0 heterocycles. The molecule has 0 atom stereocenters. The zero-order valence-electron chi connectivity index (χ0n) is 8.03. The van der Waals surface area contributed by atoms with Crippen LogP contribution in [0.4, 0.5) is 4.39 Å². The van der Waals surface area contributed by atoms with Crippen LogP contribution in [0.3, 0.4) is 0 Å². The first kappa shape index (κ1) is 10.7. The fraction of sp³-hybridized carbons (Fsp3) is 0.273. The topological polar surface area (TPSA) is 29.5 Å². The molecule has 76 valence electrons. The Hall–Kier alpha value is -1.35. The van der Waals surface area contributed by atoms with Crippen LogP contribution < -0.4 is 4.74 Å². The number of ether oxygens (including phenoxy) is 1. The average molecular weight is 196 g/mol. The third kappa shape index (κ3) is 2.57. The minimum Gasteiger partial charge on any atom is -0.496 e. The van der Waals surface area contributed by atoms with Gasteiger partial charge in [-0.15, -0.1) is 0 Å². The second-order valence-corrected chi connectivity index (χ2v) is 2.77. The molecule has 1 rings (SSSR count). The molecular weight excluding hydrogens is 183 g/mol. The van der Waals surface area contributed by atoms with Gasteiger partial charge < -0.3 is 9.84 Å². The van der Waals surface area contributed by atoms with Crippen molar-refractivity contribution in [2.75, 3.05) is 13.7 Å². The number of rotatable bonds is 4. The number of methoxy groups -OCH3 is 1. The highest BCUT2D eigenvalue weighted by molar-refractivity contribution is 5.57. The number of hydrogen-bond donors (Lipinski definition) is 1. The van der Waals surface area contributed by atoms with Crippen molar-refractivity contribution >= 4 is 6.08 Å². The van der Waals surface area contributed by atoms with E-state index in [0.29, 0.717) is 17.7 Å². The minimum atomic E-state index is -0.321. The Bertz CT molecular complexity index is 321. The molecule has 0 aliphatic carbocycles. The van der Waals surface area contributed by atoms with E-state index in [1.165, 1.54) is 13.2 Å². The Labute approximate surface area is 82.6 Å². The van der Waals surface area contributed by atoms with Gasteiger partial charge in [0.05, 0.1) is 12.7 Å². The van der Waals surface area contributed by atoms with Crippen LogP contribution >= 0.6 is 0 Å². The van der Waals surface area contributed by atoms with Gasteiger partial charge in [-0.2, -0.15) is 0 Å². The lowest BCUT2D eigenvalue weighted by Crippen LogP contribution is -1.90. The Kier molecular flexibility index (Phi) is 4.13. The predicted molar refractivity (Wildman–Crippen MR) is 53.7 cm³/mol. The number of halogens is 1. The van der Waals surface area contributed by atoms with Crippen LogP contribution in [0.25, 0.3) is 6.08 Å². The van der Waals surface area contributed by atoms with Crippen LogP contribution in [0.1, 0.15) is 12.0 Å². The van der Waals surface area contributed by atoms with Crippen LogP contribution in [0.15, 0.2) is 24.3 Å². The van der Waals surface area contributed by atoms with Crippen molar-refractivity contribution in [3.8, 4) is 5.75 Å². The summed E-state index contributed by atoms with van der Waals surface area (Å²) in [6.45, 7) is 0.0628. The monoisotopic (exact) mass is 196 g/mol. The van der Waals surface area contributed by atoms with E-state index in [0.717, 1.165) is 0 Å². The summed E-state index contributed by atoms with van der Waals surface area (Å²) in [6, 6.07) is 4.67. The SMILES string of the molecule is COc1cccc(F)c1C=CCCO. The van der Waals surface area contributed by atoms with Crippen molar-refractivity contribution in [3.05, 3.63) is 35.7 Å². The highest BCUT2D eigenvalue weighted by Gasteiger charge is 2.04. The first-order valence-electron chi connectivity index (χ1n) is 4.39. The number of benzene rings is 1. The maximum atomic E-state index is 13.3. The van der Waals surface area contributed by atoms with E-state index >= 15 is 0 Å². The van der Waals surface area contributed by atoms with E-state index < -0.39 is 0 Å². The van der Waals surface area contributed by atoms with Crippen molar-refractivity contribution in [1.82, 2.24) is 0 Å². The largest absolute Gasteiger partial charge is 0.496 e. The Balaban J connectivity index is 2.93. The molecule has 0 saturated heterocycles. The van der Waals surface area contributed by atoms with E-state index in [9.17, 15) is 4.39 Å². The molecule has 2 nitrogen and oxygen atoms in total. The van der Waals surface area contributed by atoms with Gasteiger partial charge in [-0.05, 0) is 18.6 Å². The standard InChI is InChI=1S/C11H13FO2/c1-14-11-7-4-6-10(12)9(11)5-2-3-8-13/h2,4-7,13H,3,8H2,1H3. The Morgan fingerprint density at radius 1 is 1.50 bits per heavy atom.